The smallest absolute Gasteiger partial charge is 0.305 e. The van der Waals surface area contributed by atoms with Gasteiger partial charge in [0, 0.05) is 61.3 Å². The molecule has 2 rings (SSSR count). The van der Waals surface area contributed by atoms with Gasteiger partial charge >= 0.3 is 47.8 Å². The summed E-state index contributed by atoms with van der Waals surface area (Å²) < 4.78 is 55.1. The van der Waals surface area contributed by atoms with Gasteiger partial charge in [-0.25, -0.2) is 0 Å². The second-order valence-corrected chi connectivity index (χ2v) is 10.8. The van der Waals surface area contributed by atoms with Crippen LogP contribution in [0.1, 0.15) is 61.8 Å². The van der Waals surface area contributed by atoms with E-state index in [0.29, 0.717) is 0 Å². The van der Waals surface area contributed by atoms with Crippen LogP contribution in [0.4, 0.5) is 0 Å². The van der Waals surface area contributed by atoms with Crippen LogP contribution in [-0.2, 0) is 85.7 Å². The van der Waals surface area contributed by atoms with Gasteiger partial charge in [0.25, 0.3) is 0 Å². The lowest BCUT2D eigenvalue weighted by Gasteiger charge is -2.48. The molecule has 18 heteroatoms. The van der Waals surface area contributed by atoms with E-state index in [1.165, 1.54) is 0 Å². The fourth-order valence-corrected chi connectivity index (χ4v) is 5.25. The zero-order valence-corrected chi connectivity index (χ0v) is 27.2. The van der Waals surface area contributed by atoms with Crippen LogP contribution >= 0.6 is 0 Å². The van der Waals surface area contributed by atoms with Gasteiger partial charge in [-0.05, 0) is 6.42 Å². The minimum atomic E-state index is -1.67. The molecular formula is C29H40O18. The van der Waals surface area contributed by atoms with Crippen molar-refractivity contribution in [1.82, 2.24) is 0 Å². The number of carbonyl (C=O) groups is 8. The fraction of sp³-hybridized carbons (Fsp3) is 0.724. The van der Waals surface area contributed by atoms with Gasteiger partial charge in [0.2, 0.25) is 12.4 Å². The molecule has 1 saturated heterocycles. The molecule has 0 amide bonds. The Morgan fingerprint density at radius 2 is 0.872 bits per heavy atom. The summed E-state index contributed by atoms with van der Waals surface area (Å²) in [7, 11) is 0. The van der Waals surface area contributed by atoms with Crippen molar-refractivity contribution in [1.29, 1.82) is 0 Å². The van der Waals surface area contributed by atoms with Gasteiger partial charge in [-0.15, -0.1) is 0 Å². The molecule has 0 unspecified atom stereocenters. The summed E-state index contributed by atoms with van der Waals surface area (Å²) >= 11 is 0. The first-order valence-corrected chi connectivity index (χ1v) is 14.5. The van der Waals surface area contributed by atoms with Crippen LogP contribution in [0.25, 0.3) is 0 Å². The molecule has 47 heavy (non-hydrogen) atoms. The molecule has 0 aromatic rings. The molecule has 2 aliphatic rings. The topological polar surface area (TPSA) is 229 Å². The lowest BCUT2D eigenvalue weighted by molar-refractivity contribution is -0.317. The standard InChI is InChI=1S/C29H40O18/c1-12(30)38-10-20-9-21(24(41-15(4)33)26(42-16(5)34)23(20)40-14(3)32)46-25-22(11-39-13(2)31)47-29(45-19(8)37)28(44-18(7)36)27(25)43-17(6)35/h20-29H,9-11H2,1-8H3/t20-,21-,22-,23-,24+,25-,26+,27+,28-,29-/m1/s1. The van der Waals surface area contributed by atoms with Crippen molar-refractivity contribution in [3.8, 4) is 0 Å². The Morgan fingerprint density at radius 3 is 1.34 bits per heavy atom. The Hall–Kier alpha value is -4.32. The van der Waals surface area contributed by atoms with E-state index in [1.807, 2.05) is 0 Å². The maximum absolute atomic E-state index is 12.3. The lowest BCUT2D eigenvalue weighted by Crippen LogP contribution is -2.66. The molecule has 18 nitrogen and oxygen atoms in total. The maximum Gasteiger partial charge on any atom is 0.305 e. The van der Waals surface area contributed by atoms with E-state index in [4.69, 9.17) is 47.4 Å². The third kappa shape index (κ3) is 12.1. The maximum atomic E-state index is 12.3. The lowest BCUT2D eigenvalue weighted by atomic mass is 9.80. The number of hydrogen-bond donors (Lipinski definition) is 0. The van der Waals surface area contributed by atoms with Crippen LogP contribution < -0.4 is 0 Å². The first-order chi connectivity index (χ1) is 21.9. The van der Waals surface area contributed by atoms with Gasteiger partial charge < -0.3 is 47.4 Å². The van der Waals surface area contributed by atoms with Gasteiger partial charge in [0.05, 0.1) is 12.7 Å². The molecule has 1 saturated carbocycles. The van der Waals surface area contributed by atoms with Crippen molar-refractivity contribution in [3.63, 3.8) is 0 Å². The van der Waals surface area contributed by atoms with Crippen LogP contribution in [0.2, 0.25) is 0 Å². The molecule has 0 spiro atoms. The van der Waals surface area contributed by atoms with E-state index in [-0.39, 0.29) is 13.0 Å². The van der Waals surface area contributed by atoms with Crippen LogP contribution in [0.5, 0.6) is 0 Å². The summed E-state index contributed by atoms with van der Waals surface area (Å²) in [6.07, 6.45) is -13.6. The van der Waals surface area contributed by atoms with Crippen LogP contribution in [0.3, 0.4) is 0 Å². The predicted molar refractivity (Wildman–Crippen MR) is 148 cm³/mol. The molecule has 10 atom stereocenters. The third-order valence-electron chi connectivity index (χ3n) is 6.68. The Labute approximate surface area is 269 Å². The Bertz CT molecular complexity index is 1200. The third-order valence-corrected chi connectivity index (χ3v) is 6.68. The van der Waals surface area contributed by atoms with Crippen molar-refractivity contribution in [2.75, 3.05) is 13.2 Å². The molecule has 0 N–H and O–H groups in total. The monoisotopic (exact) mass is 676 g/mol. The average molecular weight is 677 g/mol. The highest BCUT2D eigenvalue weighted by atomic mass is 16.7. The van der Waals surface area contributed by atoms with Crippen molar-refractivity contribution < 1.29 is 85.7 Å². The molecule has 1 heterocycles. The van der Waals surface area contributed by atoms with Crippen LogP contribution in [-0.4, -0.2) is 116 Å². The molecule has 2 fully saturated rings. The molecule has 0 aromatic carbocycles. The van der Waals surface area contributed by atoms with E-state index >= 15 is 0 Å². The molecule has 264 valence electrons. The second-order valence-electron chi connectivity index (χ2n) is 10.8. The minimum Gasteiger partial charge on any atom is -0.465 e. The van der Waals surface area contributed by atoms with Crippen molar-refractivity contribution in [2.24, 2.45) is 5.92 Å². The second kappa shape index (κ2) is 17.6. The zero-order valence-electron chi connectivity index (χ0n) is 27.2. The first-order valence-electron chi connectivity index (χ1n) is 14.5. The largest absolute Gasteiger partial charge is 0.465 e. The summed E-state index contributed by atoms with van der Waals surface area (Å²) in [4.78, 5) is 96.6. The van der Waals surface area contributed by atoms with E-state index in [0.717, 1.165) is 55.4 Å². The zero-order chi connectivity index (χ0) is 35.6. The summed E-state index contributed by atoms with van der Waals surface area (Å²) in [6, 6.07) is 0. The molecule has 0 radical (unpaired) electrons. The number of hydrogen-bond acceptors (Lipinski definition) is 18. The molecule has 1 aliphatic heterocycles. The SMILES string of the molecule is CC(=O)OC[C@H]1C[C@@H](O[C@H]2[C@H](OC(C)=O)[C@@H](OC(C)=O)[C@H](OC(C)=O)O[C@@H]2COC(C)=O)[C@H](OC(C)=O)[C@@H](OC(C)=O)[C@@H]1OC(C)=O. The molecule has 1 aliphatic carbocycles. The number of ether oxygens (including phenoxy) is 10. The summed E-state index contributed by atoms with van der Waals surface area (Å²) in [5.41, 5.74) is 0. The van der Waals surface area contributed by atoms with E-state index in [2.05, 4.69) is 0 Å². The van der Waals surface area contributed by atoms with E-state index in [9.17, 15) is 38.4 Å². The number of rotatable bonds is 12. The summed E-state index contributed by atoms with van der Waals surface area (Å²) in [5.74, 6) is -7.52. The Balaban J connectivity index is 2.73. The van der Waals surface area contributed by atoms with Gasteiger partial charge in [-0.1, -0.05) is 0 Å². The minimum absolute atomic E-state index is 0.198. The number of carbonyl (C=O) groups excluding carboxylic acids is 8. The van der Waals surface area contributed by atoms with Crippen molar-refractivity contribution in [3.05, 3.63) is 0 Å². The number of esters is 8. The van der Waals surface area contributed by atoms with Crippen LogP contribution in [0.15, 0.2) is 0 Å². The Morgan fingerprint density at radius 1 is 0.468 bits per heavy atom. The van der Waals surface area contributed by atoms with Crippen LogP contribution in [0, 0.1) is 5.92 Å². The van der Waals surface area contributed by atoms with Gasteiger partial charge in [-0.3, -0.25) is 38.4 Å². The van der Waals surface area contributed by atoms with E-state index in [1.54, 1.807) is 0 Å². The normalized spacial score (nSPS) is 30.0. The highest BCUT2D eigenvalue weighted by Crippen LogP contribution is 2.38. The Kier molecular flexibility index (Phi) is 14.5. The van der Waals surface area contributed by atoms with Gasteiger partial charge in [-0.2, -0.15) is 0 Å². The molecule has 0 aromatic heterocycles. The fourth-order valence-electron chi connectivity index (χ4n) is 5.25. The molecule has 0 bridgehead atoms. The average Bonchev–Trinajstić information content (AvgIpc) is 2.91. The summed E-state index contributed by atoms with van der Waals surface area (Å²) in [6.45, 7) is 7.63. The molecular weight excluding hydrogens is 636 g/mol. The summed E-state index contributed by atoms with van der Waals surface area (Å²) in [5, 5.41) is 0. The van der Waals surface area contributed by atoms with Gasteiger partial charge in [0.1, 0.15) is 24.9 Å². The van der Waals surface area contributed by atoms with E-state index < -0.39 is 115 Å². The highest BCUT2D eigenvalue weighted by Gasteiger charge is 2.57. The van der Waals surface area contributed by atoms with Crippen molar-refractivity contribution >= 4 is 47.8 Å². The predicted octanol–water partition coefficient (Wildman–Crippen LogP) is -0.167. The van der Waals surface area contributed by atoms with Gasteiger partial charge in [0.15, 0.2) is 18.3 Å². The quantitative estimate of drug-likeness (QED) is 0.193. The first kappa shape index (κ1) is 38.9. The highest BCUT2D eigenvalue weighted by molar-refractivity contribution is 5.70. The van der Waals surface area contributed by atoms with Crippen molar-refractivity contribution in [2.45, 2.75) is 117 Å².